The SMILES string of the molecule is CCC(N)(CC)CN1CCC(N2CCCCC2)CC1. The lowest BCUT2D eigenvalue weighted by molar-refractivity contribution is 0.0803. The van der Waals surface area contributed by atoms with Crippen LogP contribution in [0.3, 0.4) is 0 Å². The summed E-state index contributed by atoms with van der Waals surface area (Å²) in [5.74, 6) is 0. The molecule has 0 bridgehead atoms. The van der Waals surface area contributed by atoms with Gasteiger partial charge in [0.05, 0.1) is 0 Å². The lowest BCUT2D eigenvalue weighted by Gasteiger charge is -2.42. The fourth-order valence-corrected chi connectivity index (χ4v) is 3.65. The minimum absolute atomic E-state index is 0.0396. The van der Waals surface area contributed by atoms with Gasteiger partial charge in [-0.15, -0.1) is 0 Å². The molecule has 0 aromatic rings. The van der Waals surface area contributed by atoms with Crippen molar-refractivity contribution in [2.75, 3.05) is 32.7 Å². The van der Waals surface area contributed by atoms with Gasteiger partial charge in [0.25, 0.3) is 0 Å². The highest BCUT2D eigenvalue weighted by Crippen LogP contribution is 2.22. The smallest absolute Gasteiger partial charge is 0.0278 e. The van der Waals surface area contributed by atoms with E-state index < -0.39 is 0 Å². The number of hydrogen-bond donors (Lipinski definition) is 1. The van der Waals surface area contributed by atoms with Crippen LogP contribution in [0.25, 0.3) is 0 Å². The van der Waals surface area contributed by atoms with Gasteiger partial charge in [-0.2, -0.15) is 0 Å². The van der Waals surface area contributed by atoms with Gasteiger partial charge < -0.3 is 15.5 Å². The first-order valence-electron chi connectivity index (χ1n) is 8.42. The topological polar surface area (TPSA) is 32.5 Å². The van der Waals surface area contributed by atoms with Crippen molar-refractivity contribution in [2.24, 2.45) is 5.73 Å². The third-order valence-electron chi connectivity index (χ3n) is 5.41. The van der Waals surface area contributed by atoms with Crippen molar-refractivity contribution in [1.82, 2.24) is 9.80 Å². The summed E-state index contributed by atoms with van der Waals surface area (Å²) in [4.78, 5) is 5.35. The van der Waals surface area contributed by atoms with Crippen LogP contribution in [-0.4, -0.2) is 54.1 Å². The Morgan fingerprint density at radius 3 is 2.05 bits per heavy atom. The molecule has 3 heteroatoms. The quantitative estimate of drug-likeness (QED) is 0.830. The monoisotopic (exact) mass is 267 g/mol. The molecule has 0 radical (unpaired) electrons. The van der Waals surface area contributed by atoms with E-state index in [4.69, 9.17) is 5.73 Å². The maximum Gasteiger partial charge on any atom is 0.0278 e. The summed E-state index contributed by atoms with van der Waals surface area (Å²) in [6.45, 7) is 10.7. The van der Waals surface area contributed by atoms with E-state index in [1.807, 2.05) is 0 Å². The van der Waals surface area contributed by atoms with E-state index >= 15 is 0 Å². The van der Waals surface area contributed by atoms with Crippen LogP contribution in [0.4, 0.5) is 0 Å². The minimum atomic E-state index is 0.0396. The van der Waals surface area contributed by atoms with E-state index in [1.54, 1.807) is 0 Å². The van der Waals surface area contributed by atoms with E-state index in [0.717, 1.165) is 25.4 Å². The molecule has 2 saturated heterocycles. The lowest BCUT2D eigenvalue weighted by Crippen LogP contribution is -2.53. The molecule has 0 unspecified atom stereocenters. The van der Waals surface area contributed by atoms with E-state index in [2.05, 4.69) is 23.6 Å². The fourth-order valence-electron chi connectivity index (χ4n) is 3.65. The molecular formula is C16H33N3. The highest BCUT2D eigenvalue weighted by molar-refractivity contribution is 4.88. The van der Waals surface area contributed by atoms with Crippen molar-refractivity contribution in [3.63, 3.8) is 0 Å². The molecule has 2 rings (SSSR count). The van der Waals surface area contributed by atoms with Crippen molar-refractivity contribution in [2.45, 2.75) is 70.4 Å². The van der Waals surface area contributed by atoms with Gasteiger partial charge in [-0.25, -0.2) is 0 Å². The Hall–Kier alpha value is -0.120. The molecule has 0 aliphatic carbocycles. The van der Waals surface area contributed by atoms with Crippen molar-refractivity contribution >= 4 is 0 Å². The molecule has 112 valence electrons. The predicted octanol–water partition coefficient (Wildman–Crippen LogP) is 2.45. The van der Waals surface area contributed by atoms with E-state index in [1.165, 1.54) is 58.3 Å². The Labute approximate surface area is 119 Å². The first kappa shape index (κ1) is 15.3. The third-order valence-corrected chi connectivity index (χ3v) is 5.41. The molecule has 0 aromatic carbocycles. The van der Waals surface area contributed by atoms with Crippen LogP contribution in [0.15, 0.2) is 0 Å². The number of nitrogens with two attached hydrogens (primary N) is 1. The molecular weight excluding hydrogens is 234 g/mol. The molecule has 2 fully saturated rings. The van der Waals surface area contributed by atoms with Crippen LogP contribution in [-0.2, 0) is 0 Å². The van der Waals surface area contributed by atoms with Crippen molar-refractivity contribution in [3.05, 3.63) is 0 Å². The zero-order chi connectivity index (χ0) is 13.7. The van der Waals surface area contributed by atoms with Gasteiger partial charge in [-0.3, -0.25) is 0 Å². The highest BCUT2D eigenvalue weighted by Gasteiger charge is 2.29. The Balaban J connectivity index is 1.75. The fraction of sp³-hybridized carbons (Fsp3) is 1.00. The second-order valence-electron chi connectivity index (χ2n) is 6.67. The summed E-state index contributed by atoms with van der Waals surface area (Å²) < 4.78 is 0. The zero-order valence-electron chi connectivity index (χ0n) is 13.0. The average Bonchev–Trinajstić information content (AvgIpc) is 2.49. The molecule has 2 aliphatic heterocycles. The number of rotatable bonds is 5. The standard InChI is InChI=1S/C16H33N3/c1-3-16(17,4-2)14-18-12-8-15(9-13-18)19-10-6-5-7-11-19/h15H,3-14,17H2,1-2H3. The molecule has 2 heterocycles. The van der Waals surface area contributed by atoms with E-state index in [-0.39, 0.29) is 5.54 Å². The van der Waals surface area contributed by atoms with Gasteiger partial charge in [0.1, 0.15) is 0 Å². The second-order valence-corrected chi connectivity index (χ2v) is 6.67. The number of nitrogens with zero attached hydrogens (tertiary/aromatic N) is 2. The summed E-state index contributed by atoms with van der Waals surface area (Å²) in [6, 6.07) is 0.854. The Kier molecular flexibility index (Phi) is 5.67. The predicted molar refractivity (Wildman–Crippen MR) is 82.4 cm³/mol. The molecule has 2 aliphatic rings. The summed E-state index contributed by atoms with van der Waals surface area (Å²) >= 11 is 0. The normalized spacial score (nSPS) is 24.8. The average molecular weight is 267 g/mol. The summed E-state index contributed by atoms with van der Waals surface area (Å²) in [6.07, 6.45) is 9.16. The van der Waals surface area contributed by atoms with Crippen LogP contribution in [0, 0.1) is 0 Å². The van der Waals surface area contributed by atoms with Crippen molar-refractivity contribution in [1.29, 1.82) is 0 Å². The lowest BCUT2D eigenvalue weighted by atomic mass is 9.92. The van der Waals surface area contributed by atoms with Crippen molar-refractivity contribution in [3.8, 4) is 0 Å². The Morgan fingerprint density at radius 1 is 0.947 bits per heavy atom. The molecule has 0 aromatic heterocycles. The van der Waals surface area contributed by atoms with Gasteiger partial charge in [0, 0.05) is 18.1 Å². The highest BCUT2D eigenvalue weighted by atomic mass is 15.2. The van der Waals surface area contributed by atoms with E-state index in [0.29, 0.717) is 0 Å². The molecule has 0 spiro atoms. The van der Waals surface area contributed by atoms with Gasteiger partial charge in [-0.05, 0) is 64.7 Å². The summed E-state index contributed by atoms with van der Waals surface area (Å²) in [5, 5.41) is 0. The van der Waals surface area contributed by atoms with Gasteiger partial charge in [-0.1, -0.05) is 20.3 Å². The Morgan fingerprint density at radius 2 is 1.53 bits per heavy atom. The van der Waals surface area contributed by atoms with Crippen LogP contribution in [0.2, 0.25) is 0 Å². The van der Waals surface area contributed by atoms with Crippen LogP contribution in [0.5, 0.6) is 0 Å². The summed E-state index contributed by atoms with van der Waals surface area (Å²) in [7, 11) is 0. The third kappa shape index (κ3) is 4.17. The largest absolute Gasteiger partial charge is 0.324 e. The molecule has 3 nitrogen and oxygen atoms in total. The number of hydrogen-bond acceptors (Lipinski definition) is 3. The van der Waals surface area contributed by atoms with Gasteiger partial charge >= 0.3 is 0 Å². The summed E-state index contributed by atoms with van der Waals surface area (Å²) in [5.41, 5.74) is 6.49. The maximum atomic E-state index is 6.45. The number of piperidine rings is 2. The molecule has 2 N–H and O–H groups in total. The van der Waals surface area contributed by atoms with Crippen LogP contribution < -0.4 is 5.73 Å². The molecule has 0 saturated carbocycles. The van der Waals surface area contributed by atoms with Gasteiger partial charge in [0.15, 0.2) is 0 Å². The second kappa shape index (κ2) is 7.05. The van der Waals surface area contributed by atoms with Crippen molar-refractivity contribution < 1.29 is 0 Å². The first-order valence-corrected chi connectivity index (χ1v) is 8.42. The molecule has 0 amide bonds. The van der Waals surface area contributed by atoms with Crippen LogP contribution in [0.1, 0.15) is 58.8 Å². The maximum absolute atomic E-state index is 6.45. The molecule has 19 heavy (non-hydrogen) atoms. The Bertz CT molecular complexity index is 249. The van der Waals surface area contributed by atoms with Gasteiger partial charge in [0.2, 0.25) is 0 Å². The zero-order valence-corrected chi connectivity index (χ0v) is 13.0. The van der Waals surface area contributed by atoms with Crippen LogP contribution >= 0.6 is 0 Å². The van der Waals surface area contributed by atoms with E-state index in [9.17, 15) is 0 Å². The number of likely N-dealkylation sites (tertiary alicyclic amines) is 2. The minimum Gasteiger partial charge on any atom is -0.324 e. The molecule has 0 atom stereocenters. The first-order chi connectivity index (χ1) is 9.17.